The van der Waals surface area contributed by atoms with Crippen molar-refractivity contribution in [2.24, 2.45) is 0 Å². The third-order valence-electron chi connectivity index (χ3n) is 4.35. The Morgan fingerprint density at radius 3 is 2.66 bits per heavy atom. The Kier molecular flexibility index (Phi) is 6.77. The second kappa shape index (κ2) is 9.47. The minimum absolute atomic E-state index is 0.169. The van der Waals surface area contributed by atoms with E-state index in [4.69, 9.17) is 9.47 Å². The van der Waals surface area contributed by atoms with Crippen LogP contribution in [-0.4, -0.2) is 41.4 Å². The van der Waals surface area contributed by atoms with E-state index in [1.165, 1.54) is 4.90 Å². The van der Waals surface area contributed by atoms with Gasteiger partial charge >= 0.3 is 0 Å². The van der Waals surface area contributed by atoms with Crippen LogP contribution in [0.2, 0.25) is 0 Å². The first-order chi connectivity index (χ1) is 14.0. The fraction of sp³-hybridized carbons (Fsp3) is 0.286. The number of ether oxygens (including phenoxy) is 2. The second-order valence-corrected chi connectivity index (χ2v) is 7.26. The lowest BCUT2D eigenvalue weighted by Gasteiger charge is -2.14. The molecular weight excluding hydrogens is 392 g/mol. The summed E-state index contributed by atoms with van der Waals surface area (Å²) >= 11 is 0.995. The van der Waals surface area contributed by atoms with Gasteiger partial charge in [-0.3, -0.25) is 19.3 Å². The molecule has 3 rings (SSSR count). The molecule has 0 spiro atoms. The van der Waals surface area contributed by atoms with Crippen molar-refractivity contribution < 1.29 is 23.9 Å². The summed E-state index contributed by atoms with van der Waals surface area (Å²) in [5.41, 5.74) is 2.07. The number of carbonyl (C=O) groups is 3. The van der Waals surface area contributed by atoms with Crippen LogP contribution < -0.4 is 14.8 Å². The predicted molar refractivity (Wildman–Crippen MR) is 110 cm³/mol. The molecular formula is C21H22N2O5S. The highest BCUT2D eigenvalue weighted by Gasteiger charge is 2.29. The van der Waals surface area contributed by atoms with Gasteiger partial charge in [0.2, 0.25) is 5.91 Å². The van der Waals surface area contributed by atoms with Gasteiger partial charge in [0.25, 0.3) is 11.1 Å². The molecule has 1 fully saturated rings. The van der Waals surface area contributed by atoms with E-state index in [1.807, 2.05) is 25.1 Å². The van der Waals surface area contributed by atoms with Crippen molar-refractivity contribution >= 4 is 28.8 Å². The first kappa shape index (κ1) is 20.7. The van der Waals surface area contributed by atoms with Crippen LogP contribution >= 0.6 is 11.8 Å². The molecule has 1 heterocycles. The first-order valence-electron chi connectivity index (χ1n) is 9.15. The van der Waals surface area contributed by atoms with Crippen molar-refractivity contribution in [3.8, 4) is 11.5 Å². The normalized spacial score (nSPS) is 13.5. The quantitative estimate of drug-likeness (QED) is 0.714. The number of hydrogen-bond donors (Lipinski definition) is 1. The zero-order valence-electron chi connectivity index (χ0n) is 16.3. The Labute approximate surface area is 173 Å². The number of thioether (sulfide) groups is 1. The number of nitrogens with zero attached hydrogens (tertiary/aromatic N) is 1. The number of rotatable bonds is 8. The Hall–Kier alpha value is -3.00. The van der Waals surface area contributed by atoms with Crippen molar-refractivity contribution in [1.82, 2.24) is 10.2 Å². The molecule has 0 saturated carbocycles. The lowest BCUT2D eigenvalue weighted by atomic mass is 10.1. The number of methoxy groups -OCH3 is 1. The topological polar surface area (TPSA) is 84.9 Å². The zero-order chi connectivity index (χ0) is 20.8. The lowest BCUT2D eigenvalue weighted by Crippen LogP contribution is -2.28. The van der Waals surface area contributed by atoms with Gasteiger partial charge < -0.3 is 14.8 Å². The van der Waals surface area contributed by atoms with Gasteiger partial charge in [-0.15, -0.1) is 0 Å². The smallest absolute Gasteiger partial charge is 0.289 e. The summed E-state index contributed by atoms with van der Waals surface area (Å²) in [4.78, 5) is 37.3. The van der Waals surface area contributed by atoms with Crippen molar-refractivity contribution in [1.29, 1.82) is 0 Å². The number of amides is 3. The summed E-state index contributed by atoms with van der Waals surface area (Å²) in [6, 6.07) is 12.4. The van der Waals surface area contributed by atoms with E-state index in [9.17, 15) is 14.4 Å². The third kappa shape index (κ3) is 5.08. The molecule has 8 heteroatoms. The average molecular weight is 414 g/mol. The van der Waals surface area contributed by atoms with Gasteiger partial charge in [0.1, 0.15) is 0 Å². The standard InChI is InChI=1S/C21H22N2O5S/c1-3-28-17-8-7-14(10-18(17)27-2)11-22-20(25)16-6-4-5-15(9-16)12-23-19(24)13-29-21(23)26/h4-10H,3,11-13H2,1-2H3,(H,22,25). The Morgan fingerprint density at radius 1 is 1.14 bits per heavy atom. The maximum Gasteiger partial charge on any atom is 0.289 e. The van der Waals surface area contributed by atoms with Gasteiger partial charge in [-0.25, -0.2) is 0 Å². The van der Waals surface area contributed by atoms with E-state index in [0.717, 1.165) is 22.9 Å². The molecule has 1 aliphatic rings. The summed E-state index contributed by atoms with van der Waals surface area (Å²) in [5, 5.41) is 2.61. The minimum Gasteiger partial charge on any atom is -0.493 e. The third-order valence-corrected chi connectivity index (χ3v) is 5.21. The molecule has 1 saturated heterocycles. The van der Waals surface area contributed by atoms with Gasteiger partial charge in [-0.2, -0.15) is 0 Å². The summed E-state index contributed by atoms with van der Waals surface area (Å²) in [5.74, 6) is 0.984. The van der Waals surface area contributed by atoms with Crippen LogP contribution in [-0.2, 0) is 17.9 Å². The lowest BCUT2D eigenvalue weighted by molar-refractivity contribution is -0.125. The SMILES string of the molecule is CCOc1ccc(CNC(=O)c2cccc(CN3C(=O)CSC3=O)c2)cc1OC. The number of imide groups is 1. The largest absolute Gasteiger partial charge is 0.493 e. The molecule has 1 N–H and O–H groups in total. The summed E-state index contributed by atoms with van der Waals surface area (Å²) in [6.45, 7) is 2.93. The summed E-state index contributed by atoms with van der Waals surface area (Å²) < 4.78 is 10.8. The highest BCUT2D eigenvalue weighted by molar-refractivity contribution is 8.14. The van der Waals surface area contributed by atoms with Crippen molar-refractivity contribution in [2.75, 3.05) is 19.5 Å². The van der Waals surface area contributed by atoms with E-state index in [0.29, 0.717) is 30.2 Å². The van der Waals surface area contributed by atoms with Crippen LogP contribution in [0.15, 0.2) is 42.5 Å². The van der Waals surface area contributed by atoms with E-state index in [-0.39, 0.29) is 29.4 Å². The molecule has 0 unspecified atom stereocenters. The molecule has 0 atom stereocenters. The van der Waals surface area contributed by atoms with Gasteiger partial charge in [-0.05, 0) is 42.3 Å². The summed E-state index contributed by atoms with van der Waals surface area (Å²) in [6.07, 6.45) is 0. The fourth-order valence-electron chi connectivity index (χ4n) is 2.91. The maximum atomic E-state index is 12.5. The van der Waals surface area contributed by atoms with Crippen LogP contribution in [0.1, 0.15) is 28.4 Å². The number of hydrogen-bond acceptors (Lipinski definition) is 6. The van der Waals surface area contributed by atoms with E-state index >= 15 is 0 Å². The molecule has 152 valence electrons. The van der Waals surface area contributed by atoms with Crippen molar-refractivity contribution in [3.05, 3.63) is 59.2 Å². The average Bonchev–Trinajstić information content (AvgIpc) is 3.05. The Morgan fingerprint density at radius 2 is 1.97 bits per heavy atom. The zero-order valence-corrected chi connectivity index (χ0v) is 17.1. The minimum atomic E-state index is -0.255. The van der Waals surface area contributed by atoms with Crippen LogP contribution in [0.4, 0.5) is 4.79 Å². The van der Waals surface area contributed by atoms with Crippen LogP contribution in [0.25, 0.3) is 0 Å². The van der Waals surface area contributed by atoms with Gasteiger partial charge in [0.05, 0.1) is 26.0 Å². The monoisotopic (exact) mass is 414 g/mol. The number of carbonyl (C=O) groups excluding carboxylic acids is 3. The highest BCUT2D eigenvalue weighted by atomic mass is 32.2. The molecule has 3 amide bonds. The molecule has 0 aliphatic carbocycles. The van der Waals surface area contributed by atoms with Crippen molar-refractivity contribution in [3.63, 3.8) is 0 Å². The maximum absolute atomic E-state index is 12.5. The predicted octanol–water partition coefficient (Wildman–Crippen LogP) is 3.22. The molecule has 1 aliphatic heterocycles. The first-order valence-corrected chi connectivity index (χ1v) is 10.1. The fourth-order valence-corrected chi connectivity index (χ4v) is 3.63. The van der Waals surface area contributed by atoms with Crippen LogP contribution in [0.5, 0.6) is 11.5 Å². The second-order valence-electron chi connectivity index (χ2n) is 6.34. The number of benzene rings is 2. The van der Waals surface area contributed by atoms with E-state index in [2.05, 4.69) is 5.32 Å². The molecule has 2 aromatic rings. The van der Waals surface area contributed by atoms with Gasteiger partial charge in [0, 0.05) is 12.1 Å². The molecule has 7 nitrogen and oxygen atoms in total. The van der Waals surface area contributed by atoms with E-state index in [1.54, 1.807) is 31.4 Å². The van der Waals surface area contributed by atoms with Crippen LogP contribution in [0, 0.1) is 0 Å². The number of nitrogens with one attached hydrogen (secondary N) is 1. The molecule has 0 radical (unpaired) electrons. The van der Waals surface area contributed by atoms with Crippen LogP contribution in [0.3, 0.4) is 0 Å². The van der Waals surface area contributed by atoms with Crippen molar-refractivity contribution in [2.45, 2.75) is 20.0 Å². The highest BCUT2D eigenvalue weighted by Crippen LogP contribution is 2.28. The van der Waals surface area contributed by atoms with Gasteiger partial charge in [-0.1, -0.05) is 30.0 Å². The Bertz CT molecular complexity index is 915. The Balaban J connectivity index is 1.64. The molecule has 0 aromatic heterocycles. The molecule has 2 aromatic carbocycles. The van der Waals surface area contributed by atoms with Gasteiger partial charge in [0.15, 0.2) is 11.5 Å². The van der Waals surface area contributed by atoms with E-state index < -0.39 is 0 Å². The molecule has 29 heavy (non-hydrogen) atoms. The molecule has 0 bridgehead atoms. The summed E-state index contributed by atoms with van der Waals surface area (Å²) in [7, 11) is 1.57.